The van der Waals surface area contributed by atoms with E-state index in [1.165, 1.54) is 0 Å². The zero-order chi connectivity index (χ0) is 18.3. The van der Waals surface area contributed by atoms with Crippen LogP contribution in [0.3, 0.4) is 0 Å². The topological polar surface area (TPSA) is 40.6 Å². The molecule has 134 valence electrons. The summed E-state index contributed by atoms with van der Waals surface area (Å²) in [6.07, 6.45) is 0. The van der Waals surface area contributed by atoms with Crippen LogP contribution in [0.1, 0.15) is 25.0 Å². The van der Waals surface area contributed by atoms with Gasteiger partial charge in [0.2, 0.25) is 11.8 Å². The van der Waals surface area contributed by atoms with Gasteiger partial charge in [-0.2, -0.15) is 0 Å². The van der Waals surface area contributed by atoms with Crippen LogP contribution in [0, 0.1) is 0 Å². The predicted octanol–water partition coefficient (Wildman–Crippen LogP) is 4.62. The smallest absolute Gasteiger partial charge is 0.247 e. The molecule has 24 heavy (non-hydrogen) atoms. The minimum absolute atomic E-state index is 0.00464. The predicted molar refractivity (Wildman–Crippen MR) is 112 cm³/mol. The molecule has 4 nitrogen and oxygen atoms in total. The van der Waals surface area contributed by atoms with E-state index in [9.17, 15) is 9.59 Å². The van der Waals surface area contributed by atoms with Gasteiger partial charge in [-0.15, -0.1) is 0 Å². The molecule has 0 aliphatic heterocycles. The second-order valence-electron chi connectivity index (χ2n) is 5.12. The van der Waals surface area contributed by atoms with E-state index in [2.05, 4.69) is 63.7 Å². The van der Waals surface area contributed by atoms with Crippen LogP contribution < -0.4 is 0 Å². The van der Waals surface area contributed by atoms with Gasteiger partial charge in [0.15, 0.2) is 0 Å². The van der Waals surface area contributed by atoms with Crippen molar-refractivity contribution in [2.45, 2.75) is 34.4 Å². The largest absolute Gasteiger partial charge is 0.337 e. The zero-order valence-corrected chi connectivity index (χ0v) is 19.9. The maximum absolute atomic E-state index is 12.0. The highest BCUT2D eigenvalue weighted by Gasteiger charge is 2.19. The number of carbonyl (C=O) groups excluding carboxylic acids is 2. The lowest BCUT2D eigenvalue weighted by Crippen LogP contribution is -2.34. The SMILES string of the molecule is CCN(Cc1ccc(CN(CC)C(=O)C(Br)Br)cc1)C(=O)C(Br)Br. The van der Waals surface area contributed by atoms with Gasteiger partial charge < -0.3 is 9.80 Å². The first-order valence-corrected chi connectivity index (χ1v) is 11.2. The van der Waals surface area contributed by atoms with Crippen LogP contribution >= 0.6 is 63.7 Å². The molecule has 0 radical (unpaired) electrons. The Labute approximate surface area is 176 Å². The van der Waals surface area contributed by atoms with E-state index >= 15 is 0 Å². The van der Waals surface area contributed by atoms with Gasteiger partial charge in [0.1, 0.15) is 7.47 Å². The molecular formula is C16H20Br4N2O2. The molecule has 0 saturated carbocycles. The van der Waals surface area contributed by atoms with Gasteiger partial charge in [0.25, 0.3) is 0 Å². The summed E-state index contributed by atoms with van der Waals surface area (Å²) >= 11 is 13.0. The molecule has 0 aromatic heterocycles. The lowest BCUT2D eigenvalue weighted by molar-refractivity contribution is -0.130. The van der Waals surface area contributed by atoms with Crippen molar-refractivity contribution in [2.75, 3.05) is 13.1 Å². The van der Waals surface area contributed by atoms with Crippen LogP contribution in [0.5, 0.6) is 0 Å². The highest BCUT2D eigenvalue weighted by Crippen LogP contribution is 2.17. The third-order valence-corrected chi connectivity index (χ3v) is 5.10. The summed E-state index contributed by atoms with van der Waals surface area (Å²) < 4.78 is -0.732. The Morgan fingerprint density at radius 2 is 1.08 bits per heavy atom. The molecule has 1 aromatic carbocycles. The lowest BCUT2D eigenvalue weighted by atomic mass is 10.1. The van der Waals surface area contributed by atoms with Crippen LogP contribution in [-0.4, -0.2) is 42.2 Å². The lowest BCUT2D eigenvalue weighted by Gasteiger charge is -2.23. The number of halogens is 4. The van der Waals surface area contributed by atoms with Crippen LogP contribution in [0.25, 0.3) is 0 Å². The molecule has 0 unspecified atom stereocenters. The average molecular weight is 592 g/mol. The number of hydrogen-bond donors (Lipinski definition) is 0. The van der Waals surface area contributed by atoms with Crippen LogP contribution in [0.2, 0.25) is 0 Å². The molecule has 0 N–H and O–H groups in total. The number of benzene rings is 1. The minimum Gasteiger partial charge on any atom is -0.337 e. The van der Waals surface area contributed by atoms with Gasteiger partial charge >= 0.3 is 0 Å². The van der Waals surface area contributed by atoms with Gasteiger partial charge in [-0.3, -0.25) is 9.59 Å². The maximum Gasteiger partial charge on any atom is 0.247 e. The van der Waals surface area contributed by atoms with Gasteiger partial charge in [0.05, 0.1) is 0 Å². The molecule has 8 heteroatoms. The fourth-order valence-electron chi connectivity index (χ4n) is 2.16. The summed E-state index contributed by atoms with van der Waals surface area (Å²) in [7, 11) is 0. The first-order chi connectivity index (χ1) is 11.3. The van der Waals surface area contributed by atoms with Crippen molar-refractivity contribution in [3.8, 4) is 0 Å². The van der Waals surface area contributed by atoms with E-state index in [1.54, 1.807) is 9.80 Å². The Balaban J connectivity index is 2.75. The second kappa shape index (κ2) is 10.9. The summed E-state index contributed by atoms with van der Waals surface area (Å²) in [5.74, 6) is 0.00929. The molecule has 0 bridgehead atoms. The highest BCUT2D eigenvalue weighted by atomic mass is 79.9. The van der Waals surface area contributed by atoms with Crippen LogP contribution in [0.15, 0.2) is 24.3 Å². The van der Waals surface area contributed by atoms with Crippen LogP contribution in [0.4, 0.5) is 0 Å². The minimum atomic E-state index is -0.366. The molecule has 0 aliphatic rings. The number of alkyl halides is 4. The highest BCUT2D eigenvalue weighted by molar-refractivity contribution is 9.25. The maximum atomic E-state index is 12.0. The molecule has 2 amide bonds. The van der Waals surface area contributed by atoms with E-state index in [-0.39, 0.29) is 19.3 Å². The Hall–Kier alpha value is 0.0800. The van der Waals surface area contributed by atoms with Gasteiger partial charge in [-0.25, -0.2) is 0 Å². The van der Waals surface area contributed by atoms with E-state index in [4.69, 9.17) is 0 Å². The molecule has 0 aliphatic carbocycles. The van der Waals surface area contributed by atoms with E-state index < -0.39 is 0 Å². The Kier molecular flexibility index (Phi) is 10.1. The van der Waals surface area contributed by atoms with Crippen molar-refractivity contribution < 1.29 is 9.59 Å². The van der Waals surface area contributed by atoms with Gasteiger partial charge in [-0.1, -0.05) is 88.0 Å². The fourth-order valence-corrected chi connectivity index (χ4v) is 3.32. The molecule has 0 spiro atoms. The standard InChI is InChI=1S/C16H20Br4N2O2/c1-3-21(15(23)13(17)18)9-11-5-7-12(8-6-11)10-22(4-2)16(24)14(19)20/h5-8,13-14H,3-4,9-10H2,1-2H3. The summed E-state index contributed by atoms with van der Waals surface area (Å²) in [4.78, 5) is 27.6. The Bertz CT molecular complexity index is 501. The molecule has 1 rings (SSSR count). The first-order valence-electron chi connectivity index (χ1n) is 7.51. The number of amides is 2. The molecule has 0 fully saturated rings. The van der Waals surface area contributed by atoms with Crippen molar-refractivity contribution in [1.29, 1.82) is 0 Å². The number of hydrogen-bond acceptors (Lipinski definition) is 2. The normalized spacial score (nSPS) is 11.0. The number of carbonyl (C=O) groups is 2. The number of rotatable bonds is 8. The molecule has 0 saturated heterocycles. The number of nitrogens with zero attached hydrogens (tertiary/aromatic N) is 2. The molecule has 1 aromatic rings. The molecule has 0 atom stereocenters. The summed E-state index contributed by atoms with van der Waals surface area (Å²) in [5.41, 5.74) is 2.12. The fraction of sp³-hybridized carbons (Fsp3) is 0.500. The third-order valence-electron chi connectivity index (χ3n) is 3.53. The quantitative estimate of drug-likeness (QED) is 0.414. The van der Waals surface area contributed by atoms with Gasteiger partial charge in [-0.05, 0) is 25.0 Å². The zero-order valence-electron chi connectivity index (χ0n) is 13.5. The van der Waals surface area contributed by atoms with Crippen LogP contribution in [-0.2, 0) is 22.7 Å². The monoisotopic (exact) mass is 588 g/mol. The van der Waals surface area contributed by atoms with E-state index in [1.807, 2.05) is 38.1 Å². The first kappa shape index (κ1) is 22.1. The second-order valence-corrected chi connectivity index (χ2v) is 11.2. The average Bonchev–Trinajstić information content (AvgIpc) is 2.57. The van der Waals surface area contributed by atoms with Crippen molar-refractivity contribution in [3.63, 3.8) is 0 Å². The summed E-state index contributed by atoms with van der Waals surface area (Å²) in [5, 5.41) is 0. The summed E-state index contributed by atoms with van der Waals surface area (Å²) in [6.45, 7) is 6.32. The van der Waals surface area contributed by atoms with E-state index in [0.29, 0.717) is 26.2 Å². The molecular weight excluding hydrogens is 572 g/mol. The van der Waals surface area contributed by atoms with Crippen molar-refractivity contribution >= 4 is 75.5 Å². The molecule has 0 heterocycles. The Morgan fingerprint density at radius 3 is 1.29 bits per heavy atom. The van der Waals surface area contributed by atoms with Crippen molar-refractivity contribution in [3.05, 3.63) is 35.4 Å². The Morgan fingerprint density at radius 1 is 0.792 bits per heavy atom. The third kappa shape index (κ3) is 6.77. The van der Waals surface area contributed by atoms with Crippen molar-refractivity contribution in [2.24, 2.45) is 0 Å². The summed E-state index contributed by atoms with van der Waals surface area (Å²) in [6, 6.07) is 8.00. The van der Waals surface area contributed by atoms with Crippen molar-refractivity contribution in [1.82, 2.24) is 9.80 Å². The van der Waals surface area contributed by atoms with E-state index in [0.717, 1.165) is 11.1 Å². The van der Waals surface area contributed by atoms with Gasteiger partial charge in [0, 0.05) is 26.2 Å².